The Bertz CT molecular complexity index is 723. The van der Waals surface area contributed by atoms with E-state index in [9.17, 15) is 9.59 Å². The fraction of sp³-hybridized carbons (Fsp3) is 0.600. The molecule has 1 atom stereocenters. The number of carbonyl (C=O) groups is 2. The van der Waals surface area contributed by atoms with Crippen LogP contribution in [0, 0.1) is 5.92 Å². The molecule has 0 aliphatic carbocycles. The van der Waals surface area contributed by atoms with E-state index in [0.717, 1.165) is 12.0 Å². The van der Waals surface area contributed by atoms with Gasteiger partial charge in [0.2, 0.25) is 11.8 Å². The number of nitrogens with zero attached hydrogens (tertiary/aromatic N) is 2. The maximum atomic E-state index is 13.0. The summed E-state index contributed by atoms with van der Waals surface area (Å²) in [5, 5.41) is 0. The largest absolute Gasteiger partial charge is 0.493 e. The minimum atomic E-state index is -0.247. The molecule has 2 aliphatic heterocycles. The third-order valence-corrected chi connectivity index (χ3v) is 5.31. The van der Waals surface area contributed by atoms with E-state index in [1.54, 1.807) is 14.2 Å². The van der Waals surface area contributed by atoms with Gasteiger partial charge in [0.1, 0.15) is 0 Å². The van der Waals surface area contributed by atoms with Gasteiger partial charge in [0, 0.05) is 31.6 Å². The number of amides is 2. The average molecular weight is 360 g/mol. The molecule has 6 nitrogen and oxygen atoms in total. The lowest BCUT2D eigenvalue weighted by atomic mass is 9.97. The lowest BCUT2D eigenvalue weighted by Gasteiger charge is -2.33. The number of fused-ring (bicyclic) bond motifs is 1. The maximum absolute atomic E-state index is 13.0. The van der Waals surface area contributed by atoms with Crippen molar-refractivity contribution < 1.29 is 19.1 Å². The molecule has 1 fully saturated rings. The van der Waals surface area contributed by atoms with Crippen LogP contribution in [-0.2, 0) is 22.6 Å². The van der Waals surface area contributed by atoms with E-state index in [1.165, 1.54) is 5.56 Å². The van der Waals surface area contributed by atoms with E-state index in [-0.39, 0.29) is 23.3 Å². The molecule has 1 unspecified atom stereocenters. The second kappa shape index (κ2) is 6.82. The van der Waals surface area contributed by atoms with Crippen LogP contribution in [0.15, 0.2) is 12.1 Å². The van der Waals surface area contributed by atoms with Crippen LogP contribution in [0.5, 0.6) is 11.5 Å². The quantitative estimate of drug-likeness (QED) is 0.829. The van der Waals surface area contributed by atoms with Crippen LogP contribution in [0.25, 0.3) is 0 Å². The first kappa shape index (κ1) is 18.5. The molecule has 0 radical (unpaired) electrons. The molecule has 2 heterocycles. The molecular formula is C20H28N2O4. The van der Waals surface area contributed by atoms with Gasteiger partial charge in [-0.25, -0.2) is 0 Å². The second-order valence-corrected chi connectivity index (χ2v) is 8.06. The van der Waals surface area contributed by atoms with Crippen LogP contribution in [0.2, 0.25) is 0 Å². The zero-order valence-corrected chi connectivity index (χ0v) is 16.3. The van der Waals surface area contributed by atoms with E-state index in [1.807, 2.05) is 42.7 Å². The summed E-state index contributed by atoms with van der Waals surface area (Å²) < 4.78 is 10.7. The number of likely N-dealkylation sites (tertiary alicyclic amines) is 1. The predicted molar refractivity (Wildman–Crippen MR) is 98.2 cm³/mol. The zero-order chi connectivity index (χ0) is 19.1. The van der Waals surface area contributed by atoms with Gasteiger partial charge in [-0.15, -0.1) is 0 Å². The highest BCUT2D eigenvalue weighted by molar-refractivity contribution is 5.89. The Hall–Kier alpha value is -2.24. The van der Waals surface area contributed by atoms with Crippen molar-refractivity contribution in [3.63, 3.8) is 0 Å². The Morgan fingerprint density at radius 1 is 1.12 bits per heavy atom. The number of hydrogen-bond donors (Lipinski definition) is 0. The smallest absolute Gasteiger partial charge is 0.228 e. The Labute approximate surface area is 155 Å². The van der Waals surface area contributed by atoms with Gasteiger partial charge in [-0.3, -0.25) is 9.59 Å². The van der Waals surface area contributed by atoms with Crippen molar-refractivity contribution in [1.29, 1.82) is 0 Å². The van der Waals surface area contributed by atoms with Gasteiger partial charge >= 0.3 is 0 Å². The molecule has 6 heteroatoms. The lowest BCUT2D eigenvalue weighted by Crippen LogP contribution is -2.44. The molecule has 1 aromatic rings. The number of hydrogen-bond acceptors (Lipinski definition) is 4. The Balaban J connectivity index is 1.75. The Morgan fingerprint density at radius 2 is 1.73 bits per heavy atom. The molecule has 3 rings (SSSR count). The number of ether oxygens (including phenoxy) is 2. The number of rotatable bonds is 3. The van der Waals surface area contributed by atoms with Gasteiger partial charge in [-0.05, 0) is 50.5 Å². The van der Waals surface area contributed by atoms with Gasteiger partial charge < -0.3 is 19.3 Å². The molecule has 1 saturated heterocycles. The standard InChI is InChI=1S/C20H28N2O4/c1-20(2,3)22-12-15(10-18(22)23)19(24)21-7-6-13-8-16(25-4)17(26-5)9-14(13)11-21/h8-9,15H,6-7,10-12H2,1-5H3. The van der Waals surface area contributed by atoms with Crippen LogP contribution >= 0.6 is 0 Å². The molecule has 0 N–H and O–H groups in total. The normalized spacial score (nSPS) is 20.2. The van der Waals surface area contributed by atoms with Gasteiger partial charge in [-0.1, -0.05) is 0 Å². The first-order valence-corrected chi connectivity index (χ1v) is 9.07. The van der Waals surface area contributed by atoms with Crippen molar-refractivity contribution in [2.75, 3.05) is 27.3 Å². The summed E-state index contributed by atoms with van der Waals surface area (Å²) in [6, 6.07) is 3.95. The third kappa shape index (κ3) is 3.37. The topological polar surface area (TPSA) is 59.1 Å². The highest BCUT2D eigenvalue weighted by atomic mass is 16.5. The first-order valence-electron chi connectivity index (χ1n) is 9.07. The molecule has 2 amide bonds. The summed E-state index contributed by atoms with van der Waals surface area (Å²) in [4.78, 5) is 29.0. The van der Waals surface area contributed by atoms with E-state index in [4.69, 9.17) is 9.47 Å². The van der Waals surface area contributed by atoms with Crippen molar-refractivity contribution in [3.05, 3.63) is 23.3 Å². The molecule has 26 heavy (non-hydrogen) atoms. The van der Waals surface area contributed by atoms with Crippen LogP contribution in [0.3, 0.4) is 0 Å². The minimum Gasteiger partial charge on any atom is -0.493 e. The first-order chi connectivity index (χ1) is 12.2. The fourth-order valence-electron chi connectivity index (χ4n) is 3.85. The molecule has 0 bridgehead atoms. The summed E-state index contributed by atoms with van der Waals surface area (Å²) >= 11 is 0. The maximum Gasteiger partial charge on any atom is 0.228 e. The molecular weight excluding hydrogens is 332 g/mol. The van der Waals surface area contributed by atoms with Crippen LogP contribution in [-0.4, -0.2) is 54.5 Å². The number of carbonyl (C=O) groups excluding carboxylic acids is 2. The minimum absolute atomic E-state index is 0.0691. The summed E-state index contributed by atoms with van der Waals surface area (Å²) in [5.41, 5.74) is 2.02. The Morgan fingerprint density at radius 3 is 2.27 bits per heavy atom. The van der Waals surface area contributed by atoms with Crippen molar-refractivity contribution in [3.8, 4) is 11.5 Å². The second-order valence-electron chi connectivity index (χ2n) is 8.06. The molecule has 142 valence electrons. The predicted octanol–water partition coefficient (Wildman–Crippen LogP) is 2.24. The monoisotopic (exact) mass is 360 g/mol. The van der Waals surface area contributed by atoms with Crippen molar-refractivity contribution in [2.45, 2.75) is 45.7 Å². The third-order valence-electron chi connectivity index (χ3n) is 5.31. The highest BCUT2D eigenvalue weighted by Crippen LogP contribution is 2.34. The molecule has 0 spiro atoms. The Kier molecular flexibility index (Phi) is 4.86. The average Bonchev–Trinajstić information content (AvgIpc) is 3.01. The highest BCUT2D eigenvalue weighted by Gasteiger charge is 2.41. The van der Waals surface area contributed by atoms with E-state index in [0.29, 0.717) is 37.6 Å². The molecule has 2 aliphatic rings. The van der Waals surface area contributed by atoms with E-state index >= 15 is 0 Å². The number of benzene rings is 1. The summed E-state index contributed by atoms with van der Waals surface area (Å²) in [6.07, 6.45) is 1.09. The van der Waals surface area contributed by atoms with Crippen molar-refractivity contribution >= 4 is 11.8 Å². The molecule has 0 saturated carbocycles. The van der Waals surface area contributed by atoms with Crippen LogP contribution in [0.4, 0.5) is 0 Å². The van der Waals surface area contributed by atoms with Gasteiger partial charge in [-0.2, -0.15) is 0 Å². The van der Waals surface area contributed by atoms with E-state index < -0.39 is 0 Å². The van der Waals surface area contributed by atoms with E-state index in [2.05, 4.69) is 0 Å². The summed E-state index contributed by atoms with van der Waals surface area (Å²) in [6.45, 7) is 7.75. The van der Waals surface area contributed by atoms with Crippen molar-refractivity contribution in [1.82, 2.24) is 9.80 Å². The van der Waals surface area contributed by atoms with Crippen LogP contribution in [0.1, 0.15) is 38.3 Å². The lowest BCUT2D eigenvalue weighted by molar-refractivity contribution is -0.136. The van der Waals surface area contributed by atoms with Crippen molar-refractivity contribution in [2.24, 2.45) is 5.92 Å². The fourth-order valence-corrected chi connectivity index (χ4v) is 3.85. The summed E-state index contributed by atoms with van der Waals surface area (Å²) in [5.74, 6) is 1.29. The SMILES string of the molecule is COc1cc2c(cc1OC)CN(C(=O)C1CC(=O)N(C(C)(C)C)C1)CC2. The molecule has 0 aromatic heterocycles. The zero-order valence-electron chi connectivity index (χ0n) is 16.3. The molecule has 1 aromatic carbocycles. The van der Waals surface area contributed by atoms with Gasteiger partial charge in [0.05, 0.1) is 20.1 Å². The van der Waals surface area contributed by atoms with Crippen LogP contribution < -0.4 is 9.47 Å². The van der Waals surface area contributed by atoms with Gasteiger partial charge in [0.15, 0.2) is 11.5 Å². The number of methoxy groups -OCH3 is 2. The summed E-state index contributed by atoms with van der Waals surface area (Å²) in [7, 11) is 3.24. The van der Waals surface area contributed by atoms with Gasteiger partial charge in [0.25, 0.3) is 0 Å².